The van der Waals surface area contributed by atoms with Crippen LogP contribution in [0.4, 0.5) is 4.39 Å². The zero-order valence-electron chi connectivity index (χ0n) is 10.6. The van der Waals surface area contributed by atoms with E-state index in [0.717, 1.165) is 12.8 Å². The molecule has 0 amide bonds. The molecule has 0 radical (unpaired) electrons. The molecule has 4 nitrogen and oxygen atoms in total. The molecule has 1 heterocycles. The van der Waals surface area contributed by atoms with Crippen molar-refractivity contribution in [1.29, 1.82) is 0 Å². The molecule has 1 aromatic heterocycles. The van der Waals surface area contributed by atoms with E-state index in [-0.39, 0.29) is 11.6 Å². The Bertz CT molecular complexity index is 550. The first-order chi connectivity index (χ1) is 9.34. The van der Waals surface area contributed by atoms with Gasteiger partial charge in [0, 0.05) is 5.92 Å². The number of nitrogens with zero attached hydrogens (tertiary/aromatic N) is 4. The fourth-order valence-electron chi connectivity index (χ4n) is 2.51. The smallest absolute Gasteiger partial charge is 0.206 e. The lowest BCUT2D eigenvalue weighted by molar-refractivity contribution is 0.421. The molecule has 1 aliphatic carbocycles. The van der Waals surface area contributed by atoms with E-state index >= 15 is 0 Å². The van der Waals surface area contributed by atoms with Gasteiger partial charge in [0.25, 0.3) is 0 Å². The van der Waals surface area contributed by atoms with Gasteiger partial charge >= 0.3 is 0 Å². The maximum Gasteiger partial charge on any atom is 0.206 e. The van der Waals surface area contributed by atoms with Crippen LogP contribution in [0.15, 0.2) is 24.3 Å². The Balaban J connectivity index is 1.84. The highest BCUT2D eigenvalue weighted by Gasteiger charge is 2.19. The molecule has 1 saturated carbocycles. The molecule has 3 rings (SSSR count). The van der Waals surface area contributed by atoms with Gasteiger partial charge in [0.05, 0.1) is 5.56 Å². The van der Waals surface area contributed by atoms with Gasteiger partial charge in [-0.05, 0) is 25.0 Å². The fourth-order valence-corrected chi connectivity index (χ4v) is 2.51. The molecule has 1 aliphatic rings. The standard InChI is InChI=1S/C14H15FN4/c15-12-9-5-4-8-11(12)14-18-16-13(17-19-14)10-6-2-1-3-7-10/h4-5,8-10H,1-3,6-7H2. The maximum atomic E-state index is 13.6. The average Bonchev–Trinajstić information content (AvgIpc) is 2.49. The van der Waals surface area contributed by atoms with E-state index in [1.165, 1.54) is 25.3 Å². The van der Waals surface area contributed by atoms with E-state index in [1.807, 2.05) is 0 Å². The molecule has 0 aliphatic heterocycles. The lowest BCUT2D eigenvalue weighted by Gasteiger charge is -2.18. The number of hydrogen-bond acceptors (Lipinski definition) is 4. The highest BCUT2D eigenvalue weighted by molar-refractivity contribution is 5.54. The Hall–Kier alpha value is -1.91. The molecule has 2 aromatic rings. The van der Waals surface area contributed by atoms with Gasteiger partial charge in [-0.25, -0.2) is 4.39 Å². The van der Waals surface area contributed by atoms with E-state index in [0.29, 0.717) is 17.3 Å². The van der Waals surface area contributed by atoms with Crippen LogP contribution in [0.25, 0.3) is 11.4 Å². The summed E-state index contributed by atoms with van der Waals surface area (Å²) in [4.78, 5) is 0. The summed E-state index contributed by atoms with van der Waals surface area (Å²) in [6, 6.07) is 6.40. The van der Waals surface area contributed by atoms with Crippen molar-refractivity contribution in [2.75, 3.05) is 0 Å². The fraction of sp³-hybridized carbons (Fsp3) is 0.429. The molecular formula is C14H15FN4. The zero-order valence-corrected chi connectivity index (χ0v) is 10.6. The lowest BCUT2D eigenvalue weighted by Crippen LogP contribution is -2.11. The van der Waals surface area contributed by atoms with Gasteiger partial charge < -0.3 is 0 Å². The number of rotatable bonds is 2. The second-order valence-corrected chi connectivity index (χ2v) is 4.90. The third kappa shape index (κ3) is 2.59. The predicted octanol–water partition coefficient (Wildman–Crippen LogP) is 3.12. The summed E-state index contributed by atoms with van der Waals surface area (Å²) in [5.41, 5.74) is 0.345. The van der Waals surface area contributed by atoms with Crippen LogP contribution >= 0.6 is 0 Å². The quantitative estimate of drug-likeness (QED) is 0.830. The summed E-state index contributed by atoms with van der Waals surface area (Å²) in [5, 5.41) is 16.3. The van der Waals surface area contributed by atoms with Crippen LogP contribution in [0, 0.1) is 5.82 Å². The van der Waals surface area contributed by atoms with Gasteiger partial charge in [0.1, 0.15) is 5.82 Å². The first-order valence-electron chi connectivity index (χ1n) is 6.67. The average molecular weight is 258 g/mol. The minimum absolute atomic E-state index is 0.248. The number of benzene rings is 1. The maximum absolute atomic E-state index is 13.6. The highest BCUT2D eigenvalue weighted by Crippen LogP contribution is 2.30. The van der Waals surface area contributed by atoms with Crippen molar-refractivity contribution in [2.45, 2.75) is 38.0 Å². The molecular weight excluding hydrogens is 243 g/mol. The Morgan fingerprint density at radius 3 is 2.26 bits per heavy atom. The molecule has 0 atom stereocenters. The van der Waals surface area contributed by atoms with E-state index in [2.05, 4.69) is 20.4 Å². The van der Waals surface area contributed by atoms with Crippen LogP contribution in [0.1, 0.15) is 43.8 Å². The Labute approximate surface area is 111 Å². The number of aromatic nitrogens is 4. The summed E-state index contributed by atoms with van der Waals surface area (Å²) >= 11 is 0. The van der Waals surface area contributed by atoms with Crippen molar-refractivity contribution in [3.63, 3.8) is 0 Å². The Morgan fingerprint density at radius 2 is 1.58 bits per heavy atom. The zero-order chi connectivity index (χ0) is 13.1. The topological polar surface area (TPSA) is 51.6 Å². The van der Waals surface area contributed by atoms with Crippen LogP contribution < -0.4 is 0 Å². The van der Waals surface area contributed by atoms with Gasteiger partial charge in [-0.15, -0.1) is 20.4 Å². The van der Waals surface area contributed by atoms with Crippen LogP contribution in [0.3, 0.4) is 0 Å². The summed E-state index contributed by atoms with van der Waals surface area (Å²) in [6.45, 7) is 0. The van der Waals surface area contributed by atoms with E-state index in [1.54, 1.807) is 18.2 Å². The summed E-state index contributed by atoms with van der Waals surface area (Å²) in [7, 11) is 0. The molecule has 0 saturated heterocycles. The third-order valence-electron chi connectivity index (χ3n) is 3.58. The second-order valence-electron chi connectivity index (χ2n) is 4.90. The predicted molar refractivity (Wildman–Crippen MR) is 68.8 cm³/mol. The molecule has 0 unspecified atom stereocenters. The minimum Gasteiger partial charge on any atom is -0.206 e. The SMILES string of the molecule is Fc1ccccc1-c1nnc(C2CCCCC2)nn1. The normalized spacial score (nSPS) is 16.5. The third-order valence-corrected chi connectivity index (χ3v) is 3.58. The van der Waals surface area contributed by atoms with Crippen molar-refractivity contribution in [1.82, 2.24) is 20.4 Å². The Morgan fingerprint density at radius 1 is 0.895 bits per heavy atom. The first kappa shape index (κ1) is 12.1. The van der Waals surface area contributed by atoms with E-state index in [4.69, 9.17) is 0 Å². The van der Waals surface area contributed by atoms with Crippen molar-refractivity contribution in [3.05, 3.63) is 35.9 Å². The van der Waals surface area contributed by atoms with Crippen molar-refractivity contribution in [3.8, 4) is 11.4 Å². The molecule has 5 heteroatoms. The second kappa shape index (κ2) is 5.38. The van der Waals surface area contributed by atoms with Crippen LogP contribution in [0.2, 0.25) is 0 Å². The van der Waals surface area contributed by atoms with Gasteiger partial charge in [0.15, 0.2) is 5.82 Å². The molecule has 1 aromatic carbocycles. The minimum atomic E-state index is -0.350. The molecule has 0 N–H and O–H groups in total. The molecule has 1 fully saturated rings. The highest BCUT2D eigenvalue weighted by atomic mass is 19.1. The monoisotopic (exact) mass is 258 g/mol. The van der Waals surface area contributed by atoms with Crippen molar-refractivity contribution in [2.24, 2.45) is 0 Å². The Kier molecular flexibility index (Phi) is 3.44. The summed E-state index contributed by atoms with van der Waals surface area (Å²) in [5.74, 6) is 0.956. The number of halogens is 1. The largest absolute Gasteiger partial charge is 0.206 e. The van der Waals surface area contributed by atoms with Gasteiger partial charge in [-0.1, -0.05) is 31.4 Å². The van der Waals surface area contributed by atoms with Crippen molar-refractivity contribution < 1.29 is 4.39 Å². The molecule has 98 valence electrons. The first-order valence-corrected chi connectivity index (χ1v) is 6.67. The van der Waals surface area contributed by atoms with Crippen molar-refractivity contribution >= 4 is 0 Å². The van der Waals surface area contributed by atoms with Gasteiger partial charge in [-0.3, -0.25) is 0 Å². The van der Waals surface area contributed by atoms with E-state index in [9.17, 15) is 4.39 Å². The molecule has 0 bridgehead atoms. The van der Waals surface area contributed by atoms with Crippen LogP contribution in [-0.4, -0.2) is 20.4 Å². The number of hydrogen-bond donors (Lipinski definition) is 0. The lowest BCUT2D eigenvalue weighted by atomic mass is 9.89. The summed E-state index contributed by atoms with van der Waals surface area (Å²) < 4.78 is 13.6. The van der Waals surface area contributed by atoms with Gasteiger partial charge in [0.2, 0.25) is 5.82 Å². The van der Waals surface area contributed by atoms with E-state index < -0.39 is 0 Å². The molecule has 0 spiro atoms. The van der Waals surface area contributed by atoms with Crippen LogP contribution in [-0.2, 0) is 0 Å². The van der Waals surface area contributed by atoms with Gasteiger partial charge in [-0.2, -0.15) is 0 Å². The van der Waals surface area contributed by atoms with Crippen LogP contribution in [0.5, 0.6) is 0 Å². The molecule has 19 heavy (non-hydrogen) atoms. The summed E-state index contributed by atoms with van der Waals surface area (Å²) in [6.07, 6.45) is 5.90.